The van der Waals surface area contributed by atoms with Crippen LogP contribution in [0, 0.1) is 0 Å². The molecular formula is C20H23N3O4. The smallest absolute Gasteiger partial charge is 0.250 e. The van der Waals surface area contributed by atoms with Gasteiger partial charge in [-0.15, -0.1) is 0 Å². The van der Waals surface area contributed by atoms with Crippen LogP contribution in [0.4, 0.5) is 11.4 Å². The van der Waals surface area contributed by atoms with Crippen LogP contribution in [0.2, 0.25) is 0 Å². The first-order valence-corrected chi connectivity index (χ1v) is 8.86. The standard InChI is InChI=1S/C20H23N3O4/c1-3-26-18-9-13-8-12(2)27-17(13)10-16(18)23-19(24)11-22-15-7-5-4-6-14(15)20(21)25/h4-7,9-10,12,22H,3,8,11H2,1-2H3,(H2,21,25)(H,23,24)/t12-/m1/s1. The van der Waals surface area contributed by atoms with Crippen molar-refractivity contribution in [3.8, 4) is 11.5 Å². The van der Waals surface area contributed by atoms with Crippen LogP contribution in [0.3, 0.4) is 0 Å². The van der Waals surface area contributed by atoms with E-state index in [1.165, 1.54) is 0 Å². The molecule has 142 valence electrons. The minimum atomic E-state index is -0.554. The number of benzene rings is 2. The van der Waals surface area contributed by atoms with E-state index in [-0.39, 0.29) is 18.6 Å². The number of hydrogen-bond donors (Lipinski definition) is 3. The molecule has 1 aliphatic rings. The number of nitrogens with two attached hydrogens (primary N) is 1. The van der Waals surface area contributed by atoms with E-state index in [4.69, 9.17) is 15.2 Å². The summed E-state index contributed by atoms with van der Waals surface area (Å²) in [5.74, 6) is 0.538. The van der Waals surface area contributed by atoms with Crippen molar-refractivity contribution < 1.29 is 19.1 Å². The van der Waals surface area contributed by atoms with Crippen LogP contribution in [0.1, 0.15) is 29.8 Å². The number of ether oxygens (including phenoxy) is 2. The summed E-state index contributed by atoms with van der Waals surface area (Å²) in [5.41, 5.74) is 7.82. The summed E-state index contributed by atoms with van der Waals surface area (Å²) in [7, 11) is 0. The number of amides is 2. The second-order valence-electron chi connectivity index (χ2n) is 6.33. The molecule has 0 aliphatic carbocycles. The van der Waals surface area contributed by atoms with Crippen molar-refractivity contribution in [2.24, 2.45) is 5.73 Å². The van der Waals surface area contributed by atoms with Crippen LogP contribution < -0.4 is 25.8 Å². The number of nitrogens with one attached hydrogen (secondary N) is 2. The third-order valence-electron chi connectivity index (χ3n) is 4.20. The fraction of sp³-hybridized carbons (Fsp3) is 0.300. The van der Waals surface area contributed by atoms with Crippen molar-refractivity contribution in [2.45, 2.75) is 26.4 Å². The van der Waals surface area contributed by atoms with Gasteiger partial charge in [0.1, 0.15) is 17.6 Å². The van der Waals surface area contributed by atoms with Gasteiger partial charge >= 0.3 is 0 Å². The van der Waals surface area contributed by atoms with Gasteiger partial charge in [0.15, 0.2) is 0 Å². The Hall–Kier alpha value is -3.22. The molecule has 7 heteroatoms. The van der Waals surface area contributed by atoms with Gasteiger partial charge < -0.3 is 25.8 Å². The zero-order valence-electron chi connectivity index (χ0n) is 15.4. The Morgan fingerprint density at radius 3 is 2.78 bits per heavy atom. The maximum absolute atomic E-state index is 12.4. The van der Waals surface area contributed by atoms with Gasteiger partial charge in [0.25, 0.3) is 5.91 Å². The molecule has 0 unspecified atom stereocenters. The lowest BCUT2D eigenvalue weighted by Crippen LogP contribution is -2.23. The number of fused-ring (bicyclic) bond motifs is 1. The largest absolute Gasteiger partial charge is 0.492 e. The predicted molar refractivity (Wildman–Crippen MR) is 103 cm³/mol. The molecule has 0 spiro atoms. The lowest BCUT2D eigenvalue weighted by atomic mass is 10.1. The molecule has 0 fully saturated rings. The lowest BCUT2D eigenvalue weighted by Gasteiger charge is -2.14. The van der Waals surface area contributed by atoms with Crippen LogP contribution in [0.5, 0.6) is 11.5 Å². The van der Waals surface area contributed by atoms with Gasteiger partial charge in [-0.2, -0.15) is 0 Å². The van der Waals surface area contributed by atoms with Gasteiger partial charge in [-0.3, -0.25) is 9.59 Å². The molecule has 0 aromatic heterocycles. The van der Waals surface area contributed by atoms with E-state index in [1.807, 2.05) is 19.9 Å². The van der Waals surface area contributed by atoms with Crippen LogP contribution >= 0.6 is 0 Å². The monoisotopic (exact) mass is 369 g/mol. The summed E-state index contributed by atoms with van der Waals surface area (Å²) in [6.07, 6.45) is 0.919. The summed E-state index contributed by atoms with van der Waals surface area (Å²) >= 11 is 0. The van der Waals surface area contributed by atoms with E-state index in [0.29, 0.717) is 29.3 Å². The molecule has 2 aromatic carbocycles. The van der Waals surface area contributed by atoms with E-state index in [0.717, 1.165) is 17.7 Å². The van der Waals surface area contributed by atoms with Gasteiger partial charge in [0.2, 0.25) is 5.91 Å². The average Bonchev–Trinajstić information content (AvgIpc) is 2.99. The maximum Gasteiger partial charge on any atom is 0.250 e. The highest BCUT2D eigenvalue weighted by molar-refractivity contribution is 6.00. The second kappa shape index (κ2) is 7.99. The van der Waals surface area contributed by atoms with Crippen molar-refractivity contribution in [1.82, 2.24) is 0 Å². The fourth-order valence-corrected chi connectivity index (χ4v) is 3.03. The second-order valence-corrected chi connectivity index (χ2v) is 6.33. The van der Waals surface area contributed by atoms with Crippen molar-refractivity contribution >= 4 is 23.2 Å². The van der Waals surface area contributed by atoms with Gasteiger partial charge in [-0.05, 0) is 32.0 Å². The van der Waals surface area contributed by atoms with Gasteiger partial charge in [-0.25, -0.2) is 0 Å². The van der Waals surface area contributed by atoms with Crippen LogP contribution in [0.15, 0.2) is 36.4 Å². The predicted octanol–water partition coefficient (Wildman–Crippen LogP) is 2.56. The Kier molecular flexibility index (Phi) is 5.49. The molecule has 3 rings (SSSR count). The first-order valence-electron chi connectivity index (χ1n) is 8.86. The topological polar surface area (TPSA) is 103 Å². The minimum Gasteiger partial charge on any atom is -0.492 e. The lowest BCUT2D eigenvalue weighted by molar-refractivity contribution is -0.114. The van der Waals surface area contributed by atoms with Gasteiger partial charge in [0, 0.05) is 23.7 Å². The van der Waals surface area contributed by atoms with E-state index >= 15 is 0 Å². The molecule has 0 bridgehead atoms. The van der Waals surface area contributed by atoms with E-state index in [9.17, 15) is 9.59 Å². The Labute approximate surface area is 157 Å². The Morgan fingerprint density at radius 1 is 1.26 bits per heavy atom. The van der Waals surface area contributed by atoms with E-state index in [1.54, 1.807) is 30.3 Å². The number of primary amides is 1. The summed E-state index contributed by atoms with van der Waals surface area (Å²) < 4.78 is 11.4. The van der Waals surface area contributed by atoms with Gasteiger partial charge in [0.05, 0.1) is 24.4 Å². The average molecular weight is 369 g/mol. The van der Waals surface area contributed by atoms with Crippen molar-refractivity contribution in [3.05, 3.63) is 47.5 Å². The molecular weight excluding hydrogens is 346 g/mol. The first kappa shape index (κ1) is 18.6. The van der Waals surface area contributed by atoms with Crippen molar-refractivity contribution in [3.63, 3.8) is 0 Å². The molecule has 2 amide bonds. The number of carbonyl (C=O) groups excluding carboxylic acids is 2. The minimum absolute atomic E-state index is 0.0236. The Balaban J connectivity index is 1.71. The number of anilines is 2. The molecule has 1 heterocycles. The highest BCUT2D eigenvalue weighted by Crippen LogP contribution is 2.38. The maximum atomic E-state index is 12.4. The molecule has 0 saturated heterocycles. The number of carbonyl (C=O) groups is 2. The molecule has 1 aliphatic heterocycles. The van der Waals surface area contributed by atoms with Crippen molar-refractivity contribution in [2.75, 3.05) is 23.8 Å². The summed E-state index contributed by atoms with van der Waals surface area (Å²) in [6.45, 7) is 4.35. The highest BCUT2D eigenvalue weighted by atomic mass is 16.5. The summed E-state index contributed by atoms with van der Waals surface area (Å²) in [4.78, 5) is 23.9. The van der Waals surface area contributed by atoms with Crippen LogP contribution in [0.25, 0.3) is 0 Å². The normalized spacial score (nSPS) is 14.8. The number of hydrogen-bond acceptors (Lipinski definition) is 5. The van der Waals surface area contributed by atoms with Crippen molar-refractivity contribution in [1.29, 1.82) is 0 Å². The van der Waals surface area contributed by atoms with E-state index < -0.39 is 5.91 Å². The summed E-state index contributed by atoms with van der Waals surface area (Å²) in [6, 6.07) is 10.5. The molecule has 27 heavy (non-hydrogen) atoms. The molecule has 7 nitrogen and oxygen atoms in total. The molecule has 0 saturated carbocycles. The Bertz CT molecular complexity index is 866. The molecule has 2 aromatic rings. The molecule has 4 N–H and O–H groups in total. The zero-order chi connectivity index (χ0) is 19.4. The van der Waals surface area contributed by atoms with Crippen LogP contribution in [-0.4, -0.2) is 31.1 Å². The van der Waals surface area contributed by atoms with E-state index in [2.05, 4.69) is 10.6 Å². The summed E-state index contributed by atoms with van der Waals surface area (Å²) in [5, 5.41) is 5.78. The number of rotatable bonds is 7. The zero-order valence-corrected chi connectivity index (χ0v) is 15.4. The third-order valence-corrected chi connectivity index (χ3v) is 4.20. The SMILES string of the molecule is CCOc1cc2c(cc1NC(=O)CNc1ccccc1C(N)=O)O[C@H](C)C2. The highest BCUT2D eigenvalue weighted by Gasteiger charge is 2.22. The van der Waals surface area contributed by atoms with Crippen LogP contribution in [-0.2, 0) is 11.2 Å². The molecule has 0 radical (unpaired) electrons. The quantitative estimate of drug-likeness (QED) is 0.696. The van der Waals surface area contributed by atoms with Gasteiger partial charge in [-0.1, -0.05) is 12.1 Å². The number of para-hydroxylation sites is 1. The fourth-order valence-electron chi connectivity index (χ4n) is 3.03. The first-order chi connectivity index (χ1) is 13.0. The Morgan fingerprint density at radius 2 is 2.04 bits per heavy atom. The molecule has 1 atom stereocenters. The third kappa shape index (κ3) is 4.31.